The highest BCUT2D eigenvalue weighted by Gasteiger charge is 1.90. The second kappa shape index (κ2) is 2.96. The first-order chi connectivity index (χ1) is 4.84. The number of nitrogens with zero attached hydrogens (tertiary/aromatic N) is 2. The molecule has 0 atom stereocenters. The van der Waals surface area contributed by atoms with Crippen LogP contribution in [-0.2, 0) is 0 Å². The average molecular weight is 136 g/mol. The quantitative estimate of drug-likeness (QED) is 0.358. The van der Waals surface area contributed by atoms with Gasteiger partial charge in [0.25, 0.3) is 0 Å². The minimum absolute atomic E-state index is 0.887. The highest BCUT2D eigenvalue weighted by Crippen LogP contribution is 2.00. The first-order valence-corrected chi connectivity index (χ1v) is 2.92. The van der Waals surface area contributed by atoms with E-state index in [-0.39, 0.29) is 0 Å². The highest BCUT2D eigenvalue weighted by atomic mass is 16.4. The molecular formula is C7H8N2O. The van der Waals surface area contributed by atoms with E-state index in [9.17, 15) is 0 Å². The Bertz CT molecular complexity index is 245. The molecule has 0 saturated carbocycles. The van der Waals surface area contributed by atoms with Crippen molar-refractivity contribution in [3.8, 4) is 0 Å². The molecule has 3 heteroatoms. The van der Waals surface area contributed by atoms with Crippen molar-refractivity contribution in [1.82, 2.24) is 4.98 Å². The van der Waals surface area contributed by atoms with Crippen molar-refractivity contribution < 1.29 is 5.21 Å². The largest absolute Gasteiger partial charge is 0.411 e. The molecular weight excluding hydrogens is 128 g/mol. The molecule has 1 aromatic heterocycles. The molecule has 1 aromatic rings. The zero-order valence-corrected chi connectivity index (χ0v) is 5.65. The fraction of sp³-hybridized carbons (Fsp3) is 0.143. The molecule has 0 unspecified atom stereocenters. The number of pyridine rings is 1. The van der Waals surface area contributed by atoms with Crippen molar-refractivity contribution in [2.24, 2.45) is 5.16 Å². The normalized spacial score (nSPS) is 10.5. The molecule has 0 fully saturated rings. The summed E-state index contributed by atoms with van der Waals surface area (Å²) in [4.78, 5) is 3.88. The summed E-state index contributed by atoms with van der Waals surface area (Å²) >= 11 is 0. The fourth-order valence-corrected chi connectivity index (χ4v) is 0.691. The lowest BCUT2D eigenvalue weighted by molar-refractivity contribution is 0.322. The Morgan fingerprint density at radius 2 is 2.50 bits per heavy atom. The van der Waals surface area contributed by atoms with E-state index in [2.05, 4.69) is 10.1 Å². The van der Waals surface area contributed by atoms with Gasteiger partial charge in [0.2, 0.25) is 0 Å². The summed E-state index contributed by atoms with van der Waals surface area (Å²) in [5.41, 5.74) is 1.89. The van der Waals surface area contributed by atoms with Crippen molar-refractivity contribution in [2.45, 2.75) is 6.92 Å². The number of oxime groups is 1. The van der Waals surface area contributed by atoms with Crippen LogP contribution in [0.15, 0.2) is 23.6 Å². The molecule has 0 aliphatic carbocycles. The van der Waals surface area contributed by atoms with Crippen LogP contribution < -0.4 is 0 Å². The molecule has 0 radical (unpaired) electrons. The Morgan fingerprint density at radius 1 is 1.70 bits per heavy atom. The molecule has 52 valence electrons. The molecule has 3 nitrogen and oxygen atoms in total. The van der Waals surface area contributed by atoms with Crippen LogP contribution in [-0.4, -0.2) is 16.4 Å². The van der Waals surface area contributed by atoms with E-state index >= 15 is 0 Å². The number of aryl methyl sites for hydroxylation is 1. The Labute approximate surface area is 59.0 Å². The van der Waals surface area contributed by atoms with Gasteiger partial charge in [-0.3, -0.25) is 4.98 Å². The van der Waals surface area contributed by atoms with Crippen LogP contribution in [0.4, 0.5) is 0 Å². The summed E-state index contributed by atoms with van der Waals surface area (Å²) in [6.45, 7) is 1.91. The maximum atomic E-state index is 8.19. The third-order valence-electron chi connectivity index (χ3n) is 1.26. The predicted octanol–water partition coefficient (Wildman–Crippen LogP) is 1.20. The monoisotopic (exact) mass is 136 g/mol. The molecule has 0 aliphatic rings. The van der Waals surface area contributed by atoms with E-state index in [0.29, 0.717) is 0 Å². The molecule has 0 aromatic carbocycles. The molecule has 10 heavy (non-hydrogen) atoms. The lowest BCUT2D eigenvalue weighted by Gasteiger charge is -1.93. The smallest absolute Gasteiger partial charge is 0.0737 e. The zero-order valence-electron chi connectivity index (χ0n) is 5.65. The standard InChI is InChI=1S/C7H8N2O/c1-6-4-8-3-2-7(6)5-9-10/h2-5,10H,1H3. The first kappa shape index (κ1) is 6.74. The van der Waals surface area contributed by atoms with Crippen LogP contribution in [0, 0.1) is 6.92 Å². The lowest BCUT2D eigenvalue weighted by atomic mass is 10.2. The molecule has 0 aliphatic heterocycles. The number of hydrogen-bond acceptors (Lipinski definition) is 3. The molecule has 1 heterocycles. The Hall–Kier alpha value is -1.38. The van der Waals surface area contributed by atoms with Gasteiger partial charge in [-0.25, -0.2) is 0 Å². The number of aromatic nitrogens is 1. The third kappa shape index (κ3) is 1.31. The molecule has 1 rings (SSSR count). The summed E-state index contributed by atoms with van der Waals surface area (Å²) in [6, 6.07) is 1.79. The summed E-state index contributed by atoms with van der Waals surface area (Å²) in [7, 11) is 0. The van der Waals surface area contributed by atoms with Crippen LogP contribution in [0.25, 0.3) is 0 Å². The molecule has 1 N–H and O–H groups in total. The van der Waals surface area contributed by atoms with Crippen molar-refractivity contribution in [3.05, 3.63) is 29.6 Å². The zero-order chi connectivity index (χ0) is 7.40. The van der Waals surface area contributed by atoms with Gasteiger partial charge in [0.1, 0.15) is 0 Å². The van der Waals surface area contributed by atoms with Gasteiger partial charge in [0, 0.05) is 18.0 Å². The van der Waals surface area contributed by atoms with Gasteiger partial charge in [0.15, 0.2) is 0 Å². The SMILES string of the molecule is Cc1cnccc1C=NO. The summed E-state index contributed by atoms with van der Waals surface area (Å²) in [5, 5.41) is 11.1. The van der Waals surface area contributed by atoms with E-state index in [1.807, 2.05) is 6.92 Å². The highest BCUT2D eigenvalue weighted by molar-refractivity contribution is 5.80. The summed E-state index contributed by atoms with van der Waals surface area (Å²) in [5.74, 6) is 0. The van der Waals surface area contributed by atoms with Crippen molar-refractivity contribution in [2.75, 3.05) is 0 Å². The molecule has 0 amide bonds. The Kier molecular flexibility index (Phi) is 1.99. The van der Waals surface area contributed by atoms with E-state index in [0.717, 1.165) is 11.1 Å². The van der Waals surface area contributed by atoms with E-state index in [1.54, 1.807) is 18.5 Å². The van der Waals surface area contributed by atoms with Crippen LogP contribution in [0.1, 0.15) is 11.1 Å². The van der Waals surface area contributed by atoms with E-state index in [1.165, 1.54) is 6.21 Å². The van der Waals surface area contributed by atoms with Gasteiger partial charge in [-0.15, -0.1) is 0 Å². The maximum Gasteiger partial charge on any atom is 0.0737 e. The Morgan fingerprint density at radius 3 is 3.10 bits per heavy atom. The molecule has 0 bridgehead atoms. The van der Waals surface area contributed by atoms with Gasteiger partial charge >= 0.3 is 0 Å². The van der Waals surface area contributed by atoms with E-state index in [4.69, 9.17) is 5.21 Å². The van der Waals surface area contributed by atoms with Crippen LogP contribution in [0.3, 0.4) is 0 Å². The van der Waals surface area contributed by atoms with Gasteiger partial charge in [0.05, 0.1) is 6.21 Å². The van der Waals surface area contributed by atoms with Crippen LogP contribution in [0.5, 0.6) is 0 Å². The van der Waals surface area contributed by atoms with Crippen molar-refractivity contribution in [3.63, 3.8) is 0 Å². The lowest BCUT2D eigenvalue weighted by Crippen LogP contribution is -1.86. The van der Waals surface area contributed by atoms with Crippen molar-refractivity contribution in [1.29, 1.82) is 0 Å². The Balaban J connectivity index is 3.03. The predicted molar refractivity (Wildman–Crippen MR) is 38.4 cm³/mol. The minimum Gasteiger partial charge on any atom is -0.411 e. The van der Waals surface area contributed by atoms with Crippen molar-refractivity contribution >= 4 is 6.21 Å². The number of hydrogen-bond donors (Lipinski definition) is 1. The summed E-state index contributed by atoms with van der Waals surface area (Å²) in [6.07, 6.45) is 4.76. The maximum absolute atomic E-state index is 8.19. The van der Waals surface area contributed by atoms with Crippen LogP contribution in [0.2, 0.25) is 0 Å². The van der Waals surface area contributed by atoms with E-state index < -0.39 is 0 Å². The van der Waals surface area contributed by atoms with Crippen LogP contribution >= 0.6 is 0 Å². The second-order valence-electron chi connectivity index (χ2n) is 1.98. The second-order valence-corrected chi connectivity index (χ2v) is 1.98. The van der Waals surface area contributed by atoms with Gasteiger partial charge in [-0.05, 0) is 18.6 Å². The molecule has 0 spiro atoms. The topological polar surface area (TPSA) is 45.5 Å². The minimum atomic E-state index is 0.887. The average Bonchev–Trinajstić information content (AvgIpc) is 1.94. The molecule has 0 saturated heterocycles. The van der Waals surface area contributed by atoms with Gasteiger partial charge in [-0.2, -0.15) is 0 Å². The number of rotatable bonds is 1. The first-order valence-electron chi connectivity index (χ1n) is 2.92. The fourth-order valence-electron chi connectivity index (χ4n) is 0.691. The van der Waals surface area contributed by atoms with Gasteiger partial charge in [-0.1, -0.05) is 5.16 Å². The third-order valence-corrected chi connectivity index (χ3v) is 1.26. The van der Waals surface area contributed by atoms with Gasteiger partial charge < -0.3 is 5.21 Å². The summed E-state index contributed by atoms with van der Waals surface area (Å²) < 4.78 is 0.